The van der Waals surface area contributed by atoms with Crippen LogP contribution in [0.15, 0.2) is 34.0 Å². The number of hydrogen-bond donors (Lipinski definition) is 1. The van der Waals surface area contributed by atoms with E-state index in [0.29, 0.717) is 16.9 Å². The molecular formula is C23H20FN3O4S2. The molecule has 1 aromatic carbocycles. The van der Waals surface area contributed by atoms with Crippen molar-refractivity contribution >= 4 is 46.1 Å². The minimum Gasteiger partial charge on any atom is -0.494 e. The third kappa shape index (κ3) is 4.89. The number of carbonyl (C=O) groups is 2. The SMILES string of the molecule is CCCn1c(O)c(C(=O)CCN2C(=O)/C(=C/c3ccc(F)cc3)SC2=S)c(C)c(C#N)c1=O. The van der Waals surface area contributed by atoms with Crippen LogP contribution in [0.2, 0.25) is 0 Å². The summed E-state index contributed by atoms with van der Waals surface area (Å²) in [6, 6.07) is 7.46. The van der Waals surface area contributed by atoms with E-state index in [4.69, 9.17) is 12.2 Å². The summed E-state index contributed by atoms with van der Waals surface area (Å²) in [6.45, 7) is 3.36. The van der Waals surface area contributed by atoms with Gasteiger partial charge in [0.1, 0.15) is 21.8 Å². The molecule has 1 N–H and O–H groups in total. The number of aromatic nitrogens is 1. The van der Waals surface area contributed by atoms with Crippen molar-refractivity contribution in [2.75, 3.05) is 6.54 Å². The van der Waals surface area contributed by atoms with Crippen molar-refractivity contribution in [1.82, 2.24) is 9.47 Å². The number of amides is 1. The van der Waals surface area contributed by atoms with Gasteiger partial charge in [-0.05, 0) is 42.7 Å². The topological polar surface area (TPSA) is 103 Å². The predicted molar refractivity (Wildman–Crippen MR) is 127 cm³/mol. The molecule has 0 spiro atoms. The van der Waals surface area contributed by atoms with Gasteiger partial charge in [0.2, 0.25) is 5.88 Å². The fourth-order valence-corrected chi connectivity index (χ4v) is 4.77. The van der Waals surface area contributed by atoms with Gasteiger partial charge in [-0.15, -0.1) is 0 Å². The van der Waals surface area contributed by atoms with Crippen molar-refractivity contribution in [3.63, 3.8) is 0 Å². The van der Waals surface area contributed by atoms with Gasteiger partial charge >= 0.3 is 0 Å². The summed E-state index contributed by atoms with van der Waals surface area (Å²) in [6.07, 6.45) is 1.95. The molecule has 33 heavy (non-hydrogen) atoms. The fourth-order valence-electron chi connectivity index (χ4n) is 3.46. The zero-order valence-corrected chi connectivity index (χ0v) is 19.6. The van der Waals surface area contributed by atoms with Crippen LogP contribution < -0.4 is 5.56 Å². The lowest BCUT2D eigenvalue weighted by Gasteiger charge is -2.17. The highest BCUT2D eigenvalue weighted by Gasteiger charge is 2.33. The first kappa shape index (κ1) is 24.4. The lowest BCUT2D eigenvalue weighted by molar-refractivity contribution is -0.122. The van der Waals surface area contributed by atoms with E-state index in [-0.39, 0.29) is 52.2 Å². The van der Waals surface area contributed by atoms with Crippen molar-refractivity contribution in [3.05, 3.63) is 67.6 Å². The number of rotatable bonds is 7. The number of hydrogen-bond acceptors (Lipinski definition) is 7. The highest BCUT2D eigenvalue weighted by Crippen LogP contribution is 2.33. The average Bonchev–Trinajstić information content (AvgIpc) is 3.04. The fraction of sp³-hybridized carbons (Fsp3) is 0.261. The first-order valence-electron chi connectivity index (χ1n) is 10.1. The Morgan fingerprint density at radius 2 is 1.94 bits per heavy atom. The standard InChI is InChI=1S/C23H20FN3O4S2/c1-3-9-26-20(29)16(12-25)13(2)19(22(26)31)17(28)8-10-27-21(30)18(33-23(27)32)11-14-4-6-15(24)7-5-14/h4-7,11,31H,3,8-10H2,1-2H3/b18-11-. The van der Waals surface area contributed by atoms with Crippen LogP contribution in [0.4, 0.5) is 4.39 Å². The smallest absolute Gasteiger partial charge is 0.271 e. The van der Waals surface area contributed by atoms with Crippen LogP contribution in [0.1, 0.15) is 46.8 Å². The first-order chi connectivity index (χ1) is 15.7. The summed E-state index contributed by atoms with van der Waals surface area (Å²) >= 11 is 6.36. The minimum atomic E-state index is -0.645. The van der Waals surface area contributed by atoms with Gasteiger partial charge in [-0.2, -0.15) is 5.26 Å². The summed E-state index contributed by atoms with van der Waals surface area (Å²) in [7, 11) is 0. The molecular weight excluding hydrogens is 465 g/mol. The Bertz CT molecular complexity index is 1280. The third-order valence-corrected chi connectivity index (χ3v) is 6.51. The van der Waals surface area contributed by atoms with Gasteiger partial charge in [-0.3, -0.25) is 23.9 Å². The van der Waals surface area contributed by atoms with Crippen molar-refractivity contribution in [3.8, 4) is 11.9 Å². The van der Waals surface area contributed by atoms with Gasteiger partial charge in [0.05, 0.1) is 10.5 Å². The number of benzene rings is 1. The lowest BCUT2D eigenvalue weighted by Crippen LogP contribution is -2.31. The number of thiocarbonyl (C=S) groups is 1. The van der Waals surface area contributed by atoms with E-state index in [9.17, 15) is 29.1 Å². The van der Waals surface area contributed by atoms with E-state index in [0.717, 1.165) is 16.3 Å². The second-order valence-corrected chi connectivity index (χ2v) is 9.00. The van der Waals surface area contributed by atoms with Crippen LogP contribution in [0.5, 0.6) is 5.88 Å². The molecule has 0 saturated carbocycles. The Kier molecular flexibility index (Phi) is 7.46. The molecule has 0 radical (unpaired) electrons. The molecule has 1 saturated heterocycles. The highest BCUT2D eigenvalue weighted by molar-refractivity contribution is 8.26. The molecule has 2 aromatic rings. The van der Waals surface area contributed by atoms with E-state index in [1.165, 1.54) is 36.1 Å². The van der Waals surface area contributed by atoms with Gasteiger partial charge in [0, 0.05) is 19.5 Å². The summed E-state index contributed by atoms with van der Waals surface area (Å²) in [5.41, 5.74) is -0.201. The average molecular weight is 486 g/mol. The summed E-state index contributed by atoms with van der Waals surface area (Å²) in [4.78, 5) is 39.8. The second kappa shape index (κ2) is 10.1. The number of ketones is 1. The number of nitrogens with zero attached hydrogens (tertiary/aromatic N) is 3. The monoisotopic (exact) mass is 485 g/mol. The van der Waals surface area contributed by atoms with Gasteiger partial charge in [-0.25, -0.2) is 4.39 Å². The molecule has 0 unspecified atom stereocenters. The third-order valence-electron chi connectivity index (χ3n) is 5.13. The summed E-state index contributed by atoms with van der Waals surface area (Å²) in [5.74, 6) is -1.76. The van der Waals surface area contributed by atoms with Crippen LogP contribution in [0.25, 0.3) is 6.08 Å². The molecule has 0 aliphatic carbocycles. The predicted octanol–water partition coefficient (Wildman–Crippen LogP) is 3.76. The van der Waals surface area contributed by atoms with Crippen molar-refractivity contribution in [1.29, 1.82) is 5.26 Å². The number of carbonyl (C=O) groups excluding carboxylic acids is 2. The van der Waals surface area contributed by atoms with Crippen LogP contribution >= 0.6 is 24.0 Å². The highest BCUT2D eigenvalue weighted by atomic mass is 32.2. The van der Waals surface area contributed by atoms with Gasteiger partial charge in [0.15, 0.2) is 5.78 Å². The summed E-state index contributed by atoms with van der Waals surface area (Å²) in [5, 5.41) is 20.0. The second-order valence-electron chi connectivity index (χ2n) is 7.33. The zero-order chi connectivity index (χ0) is 24.3. The van der Waals surface area contributed by atoms with E-state index in [2.05, 4.69) is 0 Å². The zero-order valence-electron chi connectivity index (χ0n) is 17.9. The van der Waals surface area contributed by atoms with Crippen molar-refractivity contribution < 1.29 is 19.1 Å². The van der Waals surface area contributed by atoms with Gasteiger partial charge < -0.3 is 5.11 Å². The molecule has 1 aliphatic rings. The number of pyridine rings is 1. The van der Waals surface area contributed by atoms with Crippen molar-refractivity contribution in [2.45, 2.75) is 33.2 Å². The van der Waals surface area contributed by atoms with Gasteiger partial charge in [0.25, 0.3) is 11.5 Å². The largest absolute Gasteiger partial charge is 0.494 e. The normalized spacial score (nSPS) is 14.7. The van der Waals surface area contributed by atoms with Crippen LogP contribution in [0.3, 0.4) is 0 Å². The number of thioether (sulfide) groups is 1. The first-order valence-corrected chi connectivity index (χ1v) is 11.3. The number of aromatic hydroxyl groups is 1. The van der Waals surface area contributed by atoms with E-state index in [1.54, 1.807) is 13.0 Å². The van der Waals surface area contributed by atoms with E-state index < -0.39 is 17.2 Å². The Labute approximate surface area is 199 Å². The molecule has 1 amide bonds. The molecule has 170 valence electrons. The van der Waals surface area contributed by atoms with Gasteiger partial charge in [-0.1, -0.05) is 43.0 Å². The summed E-state index contributed by atoms with van der Waals surface area (Å²) < 4.78 is 14.4. The maximum absolute atomic E-state index is 13.1. The molecule has 3 rings (SSSR count). The van der Waals surface area contributed by atoms with Crippen molar-refractivity contribution in [2.24, 2.45) is 0 Å². The molecule has 10 heteroatoms. The molecule has 1 fully saturated rings. The lowest BCUT2D eigenvalue weighted by atomic mass is 10.00. The number of nitriles is 1. The van der Waals surface area contributed by atoms with E-state index in [1.807, 2.05) is 6.07 Å². The number of halogens is 1. The molecule has 2 heterocycles. The quantitative estimate of drug-likeness (QED) is 0.362. The molecule has 0 bridgehead atoms. The maximum atomic E-state index is 13.1. The molecule has 0 atom stereocenters. The minimum absolute atomic E-state index is 0.0298. The van der Waals surface area contributed by atoms with Crippen LogP contribution in [0, 0.1) is 24.1 Å². The van der Waals surface area contributed by atoms with Crippen LogP contribution in [-0.4, -0.2) is 37.1 Å². The molecule has 1 aromatic heterocycles. The molecule has 7 nitrogen and oxygen atoms in total. The number of Topliss-reactive ketones (excluding diaryl/α,β-unsaturated/α-hetero) is 1. The Morgan fingerprint density at radius 1 is 1.27 bits per heavy atom. The van der Waals surface area contributed by atoms with E-state index >= 15 is 0 Å². The molecule has 1 aliphatic heterocycles. The Balaban J connectivity index is 1.82. The Morgan fingerprint density at radius 3 is 2.55 bits per heavy atom. The maximum Gasteiger partial charge on any atom is 0.271 e. The Hall–Kier alpha value is -3.29. The van der Waals surface area contributed by atoms with Crippen LogP contribution in [-0.2, 0) is 11.3 Å².